The normalized spacial score (nSPS) is 11.1. The highest BCUT2D eigenvalue weighted by molar-refractivity contribution is 6.35. The SMILES string of the molecule is CCCN(Cc1nc2cccc(Cl)c2n1CCC)C(=O)c1cccc(F)c1. The third kappa shape index (κ3) is 4.14. The summed E-state index contributed by atoms with van der Waals surface area (Å²) in [5.41, 5.74) is 2.06. The summed E-state index contributed by atoms with van der Waals surface area (Å²) >= 11 is 6.40. The fourth-order valence-electron chi connectivity index (χ4n) is 3.27. The first-order valence-electron chi connectivity index (χ1n) is 9.23. The number of amides is 1. The average Bonchev–Trinajstić information content (AvgIpc) is 3.00. The van der Waals surface area contributed by atoms with Crippen molar-refractivity contribution < 1.29 is 9.18 Å². The van der Waals surface area contributed by atoms with Crippen LogP contribution in [0, 0.1) is 5.82 Å². The first kappa shape index (κ1) is 19.4. The fraction of sp³-hybridized carbons (Fsp3) is 0.333. The summed E-state index contributed by atoms with van der Waals surface area (Å²) in [5, 5.41) is 0.651. The minimum absolute atomic E-state index is 0.197. The Hall–Kier alpha value is -2.40. The summed E-state index contributed by atoms with van der Waals surface area (Å²) in [6.45, 7) is 5.79. The van der Waals surface area contributed by atoms with Crippen LogP contribution in [0.4, 0.5) is 4.39 Å². The van der Waals surface area contributed by atoms with Gasteiger partial charge in [-0.1, -0.05) is 37.6 Å². The molecule has 0 atom stereocenters. The smallest absolute Gasteiger partial charge is 0.254 e. The number of hydrogen-bond donors (Lipinski definition) is 0. The molecule has 0 aliphatic rings. The summed E-state index contributed by atoms with van der Waals surface area (Å²) in [7, 11) is 0. The van der Waals surface area contributed by atoms with E-state index in [0.717, 1.165) is 36.2 Å². The minimum Gasteiger partial charge on any atom is -0.331 e. The highest BCUT2D eigenvalue weighted by Crippen LogP contribution is 2.26. The van der Waals surface area contributed by atoms with Crippen LogP contribution >= 0.6 is 11.6 Å². The molecule has 0 aliphatic heterocycles. The molecule has 0 N–H and O–H groups in total. The van der Waals surface area contributed by atoms with Crippen molar-refractivity contribution in [1.29, 1.82) is 0 Å². The van der Waals surface area contributed by atoms with E-state index < -0.39 is 5.82 Å². The van der Waals surface area contributed by atoms with E-state index in [-0.39, 0.29) is 5.91 Å². The van der Waals surface area contributed by atoms with E-state index >= 15 is 0 Å². The number of aryl methyl sites for hydroxylation is 1. The molecule has 0 unspecified atom stereocenters. The van der Waals surface area contributed by atoms with Crippen LogP contribution in [0.3, 0.4) is 0 Å². The maximum Gasteiger partial charge on any atom is 0.254 e. The van der Waals surface area contributed by atoms with Crippen LogP contribution < -0.4 is 0 Å². The molecule has 1 aromatic heterocycles. The largest absolute Gasteiger partial charge is 0.331 e. The lowest BCUT2D eigenvalue weighted by atomic mass is 10.2. The van der Waals surface area contributed by atoms with Gasteiger partial charge in [-0.3, -0.25) is 4.79 Å². The summed E-state index contributed by atoms with van der Waals surface area (Å²) in [5.74, 6) is 0.179. The Balaban J connectivity index is 1.98. The maximum absolute atomic E-state index is 13.6. The number of benzene rings is 2. The number of aromatic nitrogens is 2. The second-order valence-corrected chi connectivity index (χ2v) is 6.93. The summed E-state index contributed by atoms with van der Waals surface area (Å²) in [6.07, 6.45) is 1.73. The molecule has 0 radical (unpaired) electrons. The van der Waals surface area contributed by atoms with Gasteiger partial charge in [0.1, 0.15) is 11.6 Å². The zero-order chi connectivity index (χ0) is 19.4. The van der Waals surface area contributed by atoms with E-state index in [2.05, 4.69) is 11.5 Å². The van der Waals surface area contributed by atoms with Gasteiger partial charge in [0.25, 0.3) is 5.91 Å². The molecule has 6 heteroatoms. The van der Waals surface area contributed by atoms with Crippen molar-refractivity contribution >= 4 is 28.5 Å². The molecule has 3 rings (SSSR count). The van der Waals surface area contributed by atoms with E-state index in [4.69, 9.17) is 16.6 Å². The Bertz CT molecular complexity index is 954. The highest BCUT2D eigenvalue weighted by atomic mass is 35.5. The lowest BCUT2D eigenvalue weighted by Crippen LogP contribution is -2.32. The average molecular weight is 388 g/mol. The van der Waals surface area contributed by atoms with Crippen LogP contribution in [0.1, 0.15) is 42.9 Å². The van der Waals surface area contributed by atoms with E-state index in [1.807, 2.05) is 25.1 Å². The molecular formula is C21H23ClFN3O. The molecule has 27 heavy (non-hydrogen) atoms. The predicted molar refractivity (Wildman–Crippen MR) is 106 cm³/mol. The van der Waals surface area contributed by atoms with E-state index in [9.17, 15) is 9.18 Å². The van der Waals surface area contributed by atoms with Crippen molar-refractivity contribution in [3.63, 3.8) is 0 Å². The minimum atomic E-state index is -0.415. The Kier molecular flexibility index (Phi) is 6.11. The molecular weight excluding hydrogens is 365 g/mol. The third-order valence-corrected chi connectivity index (χ3v) is 4.73. The van der Waals surface area contributed by atoms with Crippen molar-refractivity contribution in [2.45, 2.75) is 39.8 Å². The number of hydrogen-bond acceptors (Lipinski definition) is 2. The van der Waals surface area contributed by atoms with Gasteiger partial charge in [0.05, 0.1) is 22.6 Å². The first-order chi connectivity index (χ1) is 13.0. The van der Waals surface area contributed by atoms with Crippen LogP contribution in [0.15, 0.2) is 42.5 Å². The van der Waals surface area contributed by atoms with Gasteiger partial charge in [-0.25, -0.2) is 9.37 Å². The van der Waals surface area contributed by atoms with E-state index in [0.29, 0.717) is 23.7 Å². The molecule has 2 aromatic carbocycles. The lowest BCUT2D eigenvalue weighted by Gasteiger charge is -2.22. The van der Waals surface area contributed by atoms with Gasteiger partial charge in [0, 0.05) is 18.7 Å². The van der Waals surface area contributed by atoms with E-state index in [1.165, 1.54) is 12.1 Å². The van der Waals surface area contributed by atoms with E-state index in [1.54, 1.807) is 17.0 Å². The van der Waals surface area contributed by atoms with Gasteiger partial charge in [0.2, 0.25) is 0 Å². The zero-order valence-electron chi connectivity index (χ0n) is 15.6. The first-order valence-corrected chi connectivity index (χ1v) is 9.61. The third-order valence-electron chi connectivity index (χ3n) is 4.43. The molecule has 3 aromatic rings. The van der Waals surface area contributed by atoms with Crippen LogP contribution in [0.5, 0.6) is 0 Å². The molecule has 4 nitrogen and oxygen atoms in total. The number of rotatable bonds is 7. The summed E-state index contributed by atoms with van der Waals surface area (Å²) in [4.78, 5) is 19.4. The Morgan fingerprint density at radius 2 is 1.96 bits per heavy atom. The lowest BCUT2D eigenvalue weighted by molar-refractivity contribution is 0.0736. The number of halogens is 2. The van der Waals surface area contributed by atoms with Gasteiger partial charge in [-0.05, 0) is 43.2 Å². The second kappa shape index (κ2) is 8.53. The fourth-order valence-corrected chi connectivity index (χ4v) is 3.54. The molecule has 142 valence electrons. The van der Waals surface area contributed by atoms with Crippen molar-refractivity contribution in [3.05, 3.63) is 64.7 Å². The number of carbonyl (C=O) groups is 1. The van der Waals surface area contributed by atoms with Gasteiger partial charge in [0.15, 0.2) is 0 Å². The predicted octanol–water partition coefficient (Wildman–Crippen LogP) is 5.29. The van der Waals surface area contributed by atoms with Gasteiger partial charge in [-0.2, -0.15) is 0 Å². The Morgan fingerprint density at radius 3 is 2.67 bits per heavy atom. The Labute approximate surface area is 163 Å². The number of para-hydroxylation sites is 1. The quantitative estimate of drug-likeness (QED) is 0.552. The number of fused-ring (bicyclic) bond motifs is 1. The number of imidazole rings is 1. The number of nitrogens with zero attached hydrogens (tertiary/aromatic N) is 3. The summed E-state index contributed by atoms with van der Waals surface area (Å²) in [6, 6.07) is 11.5. The highest BCUT2D eigenvalue weighted by Gasteiger charge is 2.20. The van der Waals surface area contributed by atoms with Crippen molar-refractivity contribution in [2.75, 3.05) is 6.54 Å². The maximum atomic E-state index is 13.6. The van der Waals surface area contributed by atoms with Crippen molar-refractivity contribution in [1.82, 2.24) is 14.5 Å². The topological polar surface area (TPSA) is 38.1 Å². The van der Waals surface area contributed by atoms with Crippen molar-refractivity contribution in [2.24, 2.45) is 0 Å². The van der Waals surface area contributed by atoms with Crippen LogP contribution in [0.2, 0.25) is 5.02 Å². The van der Waals surface area contributed by atoms with Gasteiger partial charge < -0.3 is 9.47 Å². The van der Waals surface area contributed by atoms with Crippen LogP contribution in [0.25, 0.3) is 11.0 Å². The van der Waals surface area contributed by atoms with Crippen molar-refractivity contribution in [3.8, 4) is 0 Å². The molecule has 0 aliphatic carbocycles. The molecule has 0 saturated heterocycles. The number of carbonyl (C=O) groups excluding carboxylic acids is 1. The monoisotopic (exact) mass is 387 g/mol. The Morgan fingerprint density at radius 1 is 1.19 bits per heavy atom. The molecule has 0 saturated carbocycles. The zero-order valence-corrected chi connectivity index (χ0v) is 16.3. The molecule has 0 fully saturated rings. The van der Waals surface area contributed by atoms with Gasteiger partial charge >= 0.3 is 0 Å². The van der Waals surface area contributed by atoms with Crippen LogP contribution in [-0.2, 0) is 13.1 Å². The molecule has 1 heterocycles. The van der Waals surface area contributed by atoms with Crippen LogP contribution in [-0.4, -0.2) is 26.9 Å². The molecule has 0 spiro atoms. The molecule has 0 bridgehead atoms. The standard InChI is InChI=1S/C21H23ClFN3O/c1-3-11-25(21(27)15-7-5-8-16(23)13-15)14-19-24-18-10-6-9-17(22)20(18)26(19)12-4-2/h5-10,13H,3-4,11-12,14H2,1-2H3. The van der Waals surface area contributed by atoms with Gasteiger partial charge in [-0.15, -0.1) is 0 Å². The second-order valence-electron chi connectivity index (χ2n) is 6.52. The summed E-state index contributed by atoms with van der Waals surface area (Å²) < 4.78 is 15.6. The molecule has 1 amide bonds.